The van der Waals surface area contributed by atoms with Crippen LogP contribution in [0.3, 0.4) is 0 Å². The van der Waals surface area contributed by atoms with E-state index in [1.165, 1.54) is 0 Å². The van der Waals surface area contributed by atoms with Gasteiger partial charge < -0.3 is 19.2 Å². The maximum absolute atomic E-state index is 13.5. The molecule has 3 heterocycles. The summed E-state index contributed by atoms with van der Waals surface area (Å²) in [7, 11) is 1.66. The molecule has 1 amide bonds. The van der Waals surface area contributed by atoms with Crippen LogP contribution in [-0.2, 0) is 0 Å². The highest BCUT2D eigenvalue weighted by Gasteiger charge is 2.29. The minimum Gasteiger partial charge on any atom is -0.497 e. The number of fused-ring (bicyclic) bond motifs is 1. The van der Waals surface area contributed by atoms with Crippen molar-refractivity contribution in [1.82, 2.24) is 19.4 Å². The number of imidazole rings is 1. The van der Waals surface area contributed by atoms with E-state index in [0.717, 1.165) is 64.6 Å². The topological polar surface area (TPSA) is 63.1 Å². The smallest absolute Gasteiger partial charge is 0.255 e. The highest BCUT2D eigenvalue weighted by atomic mass is 16.5. The van der Waals surface area contributed by atoms with Gasteiger partial charge in [-0.3, -0.25) is 4.79 Å². The van der Waals surface area contributed by atoms with Crippen LogP contribution in [0, 0.1) is 13.8 Å². The molecule has 1 aliphatic rings. The summed E-state index contributed by atoms with van der Waals surface area (Å²) in [5.41, 5.74) is 5.77. The summed E-state index contributed by atoms with van der Waals surface area (Å²) in [6, 6.07) is 18.0. The van der Waals surface area contributed by atoms with Crippen LogP contribution in [0.25, 0.3) is 16.7 Å². The van der Waals surface area contributed by atoms with Gasteiger partial charge in [0, 0.05) is 42.1 Å². The number of hydrogen-bond acceptors (Lipinski definition) is 3. The number of hydrogen-bond donors (Lipinski definition) is 1. The number of methoxy groups -OCH3 is 1. The molecule has 6 nitrogen and oxygen atoms in total. The average Bonchev–Trinajstić information content (AvgIpc) is 3.39. The van der Waals surface area contributed by atoms with Crippen LogP contribution < -0.4 is 4.74 Å². The van der Waals surface area contributed by atoms with E-state index >= 15 is 0 Å². The van der Waals surface area contributed by atoms with Gasteiger partial charge in [0.05, 0.1) is 23.7 Å². The molecule has 32 heavy (non-hydrogen) atoms. The van der Waals surface area contributed by atoms with Crippen LogP contribution in [0.5, 0.6) is 5.75 Å². The van der Waals surface area contributed by atoms with Gasteiger partial charge in [0.2, 0.25) is 0 Å². The van der Waals surface area contributed by atoms with E-state index in [4.69, 9.17) is 9.72 Å². The van der Waals surface area contributed by atoms with E-state index < -0.39 is 0 Å². The number of para-hydroxylation sites is 2. The summed E-state index contributed by atoms with van der Waals surface area (Å²) in [5, 5.41) is 0. The number of ether oxygens (including phenoxy) is 1. The Labute approximate surface area is 187 Å². The first kappa shape index (κ1) is 20.4. The standard InChI is InChI=1S/C26H28N4O2/c1-17-14-22(18(2)30(17)20-9-6-10-21(15-20)32-3)26(31)29-13-7-8-19(16-29)25-27-23-11-4-5-12-24(23)28-25/h4-6,9-12,14-15,19H,7-8,13,16H2,1-3H3,(H,27,28). The molecule has 0 radical (unpaired) electrons. The lowest BCUT2D eigenvalue weighted by atomic mass is 9.96. The Morgan fingerprint density at radius 2 is 1.97 bits per heavy atom. The molecule has 2 aromatic heterocycles. The van der Waals surface area contributed by atoms with Gasteiger partial charge in [-0.15, -0.1) is 0 Å². The lowest BCUT2D eigenvalue weighted by Gasteiger charge is -2.32. The largest absolute Gasteiger partial charge is 0.497 e. The van der Waals surface area contributed by atoms with Crippen molar-refractivity contribution in [1.29, 1.82) is 0 Å². The highest BCUT2D eigenvalue weighted by molar-refractivity contribution is 5.96. The molecule has 1 saturated heterocycles. The number of aromatic nitrogens is 3. The molecule has 0 aliphatic carbocycles. The normalized spacial score (nSPS) is 16.5. The lowest BCUT2D eigenvalue weighted by Crippen LogP contribution is -2.39. The molecule has 164 valence electrons. The number of aryl methyl sites for hydroxylation is 1. The number of aromatic amines is 1. The summed E-state index contributed by atoms with van der Waals surface area (Å²) >= 11 is 0. The highest BCUT2D eigenvalue weighted by Crippen LogP contribution is 2.29. The molecular weight excluding hydrogens is 400 g/mol. The van der Waals surface area contributed by atoms with Crippen LogP contribution in [0.1, 0.15) is 46.3 Å². The van der Waals surface area contributed by atoms with Crippen LogP contribution in [0.2, 0.25) is 0 Å². The third kappa shape index (κ3) is 3.55. The van der Waals surface area contributed by atoms with E-state index in [1.807, 2.05) is 73.3 Å². The second kappa shape index (κ2) is 8.19. The fourth-order valence-electron chi connectivity index (χ4n) is 4.85. The zero-order valence-corrected chi connectivity index (χ0v) is 18.8. The zero-order valence-electron chi connectivity index (χ0n) is 18.8. The molecule has 0 spiro atoms. The number of likely N-dealkylation sites (tertiary alicyclic amines) is 1. The molecule has 1 atom stereocenters. The minimum absolute atomic E-state index is 0.0908. The number of nitrogens with zero attached hydrogens (tertiary/aromatic N) is 3. The van der Waals surface area contributed by atoms with Crippen molar-refractivity contribution >= 4 is 16.9 Å². The van der Waals surface area contributed by atoms with Crippen molar-refractivity contribution < 1.29 is 9.53 Å². The number of carbonyl (C=O) groups is 1. The van der Waals surface area contributed by atoms with Crippen LogP contribution in [0.4, 0.5) is 0 Å². The van der Waals surface area contributed by atoms with Gasteiger partial charge in [0.15, 0.2) is 0 Å². The summed E-state index contributed by atoms with van der Waals surface area (Å²) in [4.78, 5) is 23.8. The third-order valence-corrected chi connectivity index (χ3v) is 6.48. The zero-order chi connectivity index (χ0) is 22.2. The van der Waals surface area contributed by atoms with Gasteiger partial charge >= 0.3 is 0 Å². The van der Waals surface area contributed by atoms with E-state index in [1.54, 1.807) is 7.11 Å². The Kier molecular flexibility index (Phi) is 5.21. The van der Waals surface area contributed by atoms with E-state index in [2.05, 4.69) is 9.55 Å². The van der Waals surface area contributed by atoms with Crippen LogP contribution >= 0.6 is 0 Å². The lowest BCUT2D eigenvalue weighted by molar-refractivity contribution is 0.0704. The fraction of sp³-hybridized carbons (Fsp3) is 0.308. The Morgan fingerprint density at radius 1 is 1.12 bits per heavy atom. The predicted molar refractivity (Wildman–Crippen MR) is 126 cm³/mol. The number of carbonyl (C=O) groups excluding carboxylic acids is 1. The first-order valence-corrected chi connectivity index (χ1v) is 11.1. The molecule has 0 bridgehead atoms. The van der Waals surface area contributed by atoms with Gasteiger partial charge in [-0.2, -0.15) is 0 Å². The number of rotatable bonds is 4. The second-order valence-corrected chi connectivity index (χ2v) is 8.55. The Bertz CT molecular complexity index is 1250. The Balaban J connectivity index is 1.41. The first-order chi connectivity index (χ1) is 15.5. The molecule has 5 rings (SSSR count). The maximum Gasteiger partial charge on any atom is 0.255 e. The SMILES string of the molecule is COc1cccc(-n2c(C)cc(C(=O)N3CCCC(c4nc5ccccc5[nH]4)C3)c2C)c1. The predicted octanol–water partition coefficient (Wildman–Crippen LogP) is 5.00. The summed E-state index contributed by atoms with van der Waals surface area (Å²) in [6.07, 6.45) is 2.01. The van der Waals surface area contributed by atoms with Crippen molar-refractivity contribution in [3.8, 4) is 11.4 Å². The Hall–Kier alpha value is -3.54. The minimum atomic E-state index is 0.0908. The molecule has 4 aromatic rings. The number of piperidine rings is 1. The van der Waals surface area contributed by atoms with Crippen molar-refractivity contribution in [2.45, 2.75) is 32.6 Å². The molecular formula is C26H28N4O2. The van der Waals surface area contributed by atoms with Gasteiger partial charge in [0.25, 0.3) is 5.91 Å². The summed E-state index contributed by atoms with van der Waals surface area (Å²) < 4.78 is 7.51. The monoisotopic (exact) mass is 428 g/mol. The Morgan fingerprint density at radius 3 is 2.78 bits per heavy atom. The average molecular weight is 429 g/mol. The fourth-order valence-corrected chi connectivity index (χ4v) is 4.85. The quantitative estimate of drug-likeness (QED) is 0.498. The molecule has 1 unspecified atom stereocenters. The number of benzene rings is 2. The van der Waals surface area contributed by atoms with Crippen LogP contribution in [-0.4, -0.2) is 45.5 Å². The van der Waals surface area contributed by atoms with Gasteiger partial charge in [-0.1, -0.05) is 18.2 Å². The molecule has 1 N–H and O–H groups in total. The summed E-state index contributed by atoms with van der Waals surface area (Å²) in [6.45, 7) is 5.51. The van der Waals surface area contributed by atoms with E-state index in [9.17, 15) is 4.79 Å². The van der Waals surface area contributed by atoms with Gasteiger partial charge in [-0.05, 0) is 57.0 Å². The van der Waals surface area contributed by atoms with Crippen molar-refractivity contribution in [3.63, 3.8) is 0 Å². The number of amides is 1. The molecule has 1 fully saturated rings. The van der Waals surface area contributed by atoms with E-state index in [-0.39, 0.29) is 11.8 Å². The molecule has 1 aliphatic heterocycles. The number of H-pyrrole nitrogens is 1. The molecule has 6 heteroatoms. The summed E-state index contributed by atoms with van der Waals surface area (Å²) in [5.74, 6) is 2.09. The van der Waals surface area contributed by atoms with Crippen molar-refractivity contribution in [2.75, 3.05) is 20.2 Å². The van der Waals surface area contributed by atoms with Crippen molar-refractivity contribution in [3.05, 3.63) is 77.4 Å². The maximum atomic E-state index is 13.5. The van der Waals surface area contributed by atoms with Crippen molar-refractivity contribution in [2.24, 2.45) is 0 Å². The van der Waals surface area contributed by atoms with E-state index in [0.29, 0.717) is 6.54 Å². The third-order valence-electron chi connectivity index (χ3n) is 6.48. The number of nitrogens with one attached hydrogen (secondary N) is 1. The molecule has 2 aromatic carbocycles. The van der Waals surface area contributed by atoms with Gasteiger partial charge in [0.1, 0.15) is 11.6 Å². The first-order valence-electron chi connectivity index (χ1n) is 11.1. The molecule has 0 saturated carbocycles. The van der Waals surface area contributed by atoms with Crippen LogP contribution in [0.15, 0.2) is 54.6 Å². The van der Waals surface area contributed by atoms with Gasteiger partial charge in [-0.25, -0.2) is 4.98 Å². The second-order valence-electron chi connectivity index (χ2n) is 8.55.